The van der Waals surface area contributed by atoms with E-state index in [-0.39, 0.29) is 102 Å². The van der Waals surface area contributed by atoms with E-state index in [0.717, 1.165) is 70.8 Å². The van der Waals surface area contributed by atoms with Gasteiger partial charge in [0, 0.05) is 82.8 Å². The third-order valence-corrected chi connectivity index (χ3v) is 22.0. The maximum absolute atomic E-state index is 10.0. The van der Waals surface area contributed by atoms with Crippen LogP contribution >= 0.6 is 0 Å². The average Bonchev–Trinajstić information content (AvgIpc) is 1.47. The van der Waals surface area contributed by atoms with Crippen LogP contribution in [0.25, 0.3) is 88.3 Å². The normalized spacial score (nSPS) is 16.0. The molecule has 2 aliphatic carbocycles. The maximum Gasteiger partial charge on any atom is 0.269 e. The molecule has 0 saturated carbocycles. The number of hydrogen-bond acceptors (Lipinski definition) is 12. The molecule has 0 atom stereocenters. The smallest absolute Gasteiger partial charge is 0.269 e. The number of benzene rings is 8. The van der Waals surface area contributed by atoms with Crippen molar-refractivity contribution < 1.29 is 69.5 Å². The van der Waals surface area contributed by atoms with E-state index in [2.05, 4.69) is 259 Å². The van der Waals surface area contributed by atoms with Crippen LogP contribution in [-0.2, 0) is 80.9 Å². The van der Waals surface area contributed by atoms with Crippen LogP contribution in [0.3, 0.4) is 0 Å². The number of nitriles is 2. The van der Waals surface area contributed by atoms with E-state index in [4.69, 9.17) is 43.1 Å². The molecule has 6 heterocycles. The number of ether oxygens (including phenoxy) is 2. The fraction of sp³-hybridized carbons (Fsp3) is 0.259. The first kappa shape index (κ1) is 97.0. The van der Waals surface area contributed by atoms with Crippen LogP contribution in [0.4, 0.5) is 5.69 Å². The molecule has 2 aromatic heterocycles. The number of ketones is 2. The molecule has 3 N–H and O–H groups in total. The zero-order valence-corrected chi connectivity index (χ0v) is 79.0. The van der Waals surface area contributed by atoms with E-state index in [0.29, 0.717) is 28.4 Å². The van der Waals surface area contributed by atoms with Crippen molar-refractivity contribution in [1.29, 1.82) is 10.5 Å². The summed E-state index contributed by atoms with van der Waals surface area (Å²) in [6.07, 6.45) is 21.4. The molecule has 10 aromatic rings. The van der Waals surface area contributed by atoms with Gasteiger partial charge >= 0.3 is 0 Å². The van der Waals surface area contributed by atoms with Crippen molar-refractivity contribution in [2.24, 2.45) is 5.41 Å². The standard InChI is InChI=1S/C30H35N3O.2C24H18N.C18H14N2O.2C5H8O2.C2H7N.2Ir/c1-28(2,3)26-18-21(25(19-31)32-8)17-22(34-26)10-9-20-15-23-27-24(16-20)30(6,7)12-14-33(27)13-11-29(23,4)5;1-24(2)20-9-5-4-8-18(20)19-13-11-17(15-21(19)24)23-14-12-16-7-3-6-10-22(16)25-23;1-24(2)21-10-6-5-9-19(21)20-12-11-17(15-22(20)24)23-18-8-4-3-7-16(18)13-14-25-23;1-13-4-6-15(7-5-13)8-9-17-11-16(10-14(2)21-17)18(12-19)20-3;2*1-4(6)3-5(2)7;1-3-2;;/h9-10,15-18H,11-14H2,1-7H3;2*3-10,12-15H,1-2H3;4-11H,1-2H3;2*3,6H,1-2H3;3H,1-2H3;;/q;2*-1;;;;;;/b10-9+,25-21-;;;9-8+,18-16+;;;;;. The van der Waals surface area contributed by atoms with Crippen LogP contribution in [0.5, 0.6) is 0 Å². The third kappa shape index (κ3) is 23.5. The summed E-state index contributed by atoms with van der Waals surface area (Å²) in [7, 11) is 3.75. The summed E-state index contributed by atoms with van der Waals surface area (Å²) in [5, 5.41) is 41.4. The monoisotopic (exact) mass is 2000 g/mol. The molecule has 0 fully saturated rings. The summed E-state index contributed by atoms with van der Waals surface area (Å²) in [5.74, 6) is 2.54. The van der Waals surface area contributed by atoms with Gasteiger partial charge in [-0.25, -0.2) is 20.2 Å². The van der Waals surface area contributed by atoms with Gasteiger partial charge in [0.25, 0.3) is 11.4 Å². The Kier molecular flexibility index (Phi) is 32.9. The predicted octanol–water partition coefficient (Wildman–Crippen LogP) is 25.9. The van der Waals surface area contributed by atoms with Crippen molar-refractivity contribution in [3.63, 3.8) is 0 Å². The van der Waals surface area contributed by atoms with Crippen molar-refractivity contribution in [2.75, 3.05) is 32.1 Å². The van der Waals surface area contributed by atoms with E-state index in [1.165, 1.54) is 123 Å². The summed E-state index contributed by atoms with van der Waals surface area (Å²) in [5.41, 5.74) is 25.0. The van der Waals surface area contributed by atoms with E-state index in [1.807, 2.05) is 100 Å². The molecule has 2 radical (unpaired) electrons. The Morgan fingerprint density at radius 1 is 0.548 bits per heavy atom. The van der Waals surface area contributed by atoms with Crippen LogP contribution in [0.2, 0.25) is 0 Å². The Hall–Kier alpha value is -12.5. The van der Waals surface area contributed by atoms with Crippen LogP contribution in [0.1, 0.15) is 174 Å². The van der Waals surface area contributed by atoms with Crippen LogP contribution < -0.4 is 10.2 Å². The number of carbonyl (C=O) groups excluding carboxylic acids is 2. The van der Waals surface area contributed by atoms with Gasteiger partial charge in [0.2, 0.25) is 0 Å². The molecule has 16 heteroatoms. The van der Waals surface area contributed by atoms with E-state index >= 15 is 0 Å². The van der Waals surface area contributed by atoms with Crippen molar-refractivity contribution in [3.05, 3.63) is 373 Å². The molecule has 14 nitrogen and oxygen atoms in total. The minimum absolute atomic E-state index is 0. The van der Waals surface area contributed by atoms with Crippen molar-refractivity contribution in [2.45, 2.75) is 152 Å². The molecule has 0 saturated heterocycles. The second kappa shape index (κ2) is 42.1. The first-order chi connectivity index (χ1) is 57.9. The van der Waals surface area contributed by atoms with Gasteiger partial charge in [-0.3, -0.25) is 14.6 Å². The number of rotatable bonds is 8. The molecule has 0 unspecified atom stereocenters. The van der Waals surface area contributed by atoms with E-state index in [9.17, 15) is 14.9 Å². The van der Waals surface area contributed by atoms with Gasteiger partial charge in [-0.05, 0) is 223 Å². The SMILES string of the molecule is CC(=O)C=C(C)O.CC(=O)C=C(C)O.CC1(C)c2ccccc2-c2c[c-]c(-c3ccc4ccccc4n3)cc21.CC1(C)c2ccccc2-c2c[c-]c(-c3nccc4ccccc34)cc21.CNC.[C-]#[N+]/C(C#N)=C1C=C(/C=C/c2cc3c4c(c2)C(C)(C)CCN4CCC3(C)C)OC(C(C)(C)C)=C/1.[C-]#[N+]/C(C#N)=C1\C=C(C)OC(/C=C/c2ccc(C)cc2)=C1.[Ir].[Ir]. The Morgan fingerprint density at radius 2 is 1.02 bits per heavy atom. The first-order valence-corrected chi connectivity index (χ1v) is 40.9. The second-order valence-electron chi connectivity index (χ2n) is 34.4. The number of aliphatic hydroxyl groups is 2. The summed E-state index contributed by atoms with van der Waals surface area (Å²) in [6, 6.07) is 72.8. The number of carbonyl (C=O) groups is 2. The Morgan fingerprint density at radius 3 is 1.52 bits per heavy atom. The van der Waals surface area contributed by atoms with E-state index < -0.39 is 0 Å². The number of aryl methyl sites for hydroxylation is 1. The molecule has 124 heavy (non-hydrogen) atoms. The number of nitrogens with zero attached hydrogens (tertiary/aromatic N) is 7. The minimum atomic E-state index is -0.241. The Bertz CT molecular complexity index is 6080. The summed E-state index contributed by atoms with van der Waals surface area (Å²) >= 11 is 0. The second-order valence-corrected chi connectivity index (χ2v) is 34.4. The van der Waals surface area contributed by atoms with Crippen molar-refractivity contribution >= 4 is 51.1 Å². The molecule has 0 amide bonds. The molecule has 16 rings (SSSR count). The quantitative estimate of drug-likeness (QED) is 0.0566. The molecule has 6 aliphatic rings. The fourth-order valence-corrected chi connectivity index (χ4v) is 15.6. The van der Waals surface area contributed by atoms with Crippen LogP contribution in [-0.4, -0.2) is 58.9 Å². The summed E-state index contributed by atoms with van der Waals surface area (Å²) < 4.78 is 11.8. The van der Waals surface area contributed by atoms with Gasteiger partial charge in [-0.2, -0.15) is 0 Å². The number of pyridine rings is 2. The average molecular weight is 2000 g/mol. The van der Waals surface area contributed by atoms with Gasteiger partial charge in [0.05, 0.1) is 42.3 Å². The number of anilines is 1. The fourth-order valence-electron chi connectivity index (χ4n) is 15.6. The predicted molar refractivity (Wildman–Crippen MR) is 498 cm³/mol. The number of fused-ring (bicyclic) bond motifs is 8. The van der Waals surface area contributed by atoms with E-state index in [1.54, 1.807) is 25.2 Å². The van der Waals surface area contributed by atoms with Crippen molar-refractivity contribution in [3.8, 4) is 56.9 Å². The molecular weight excluding hydrogens is 1890 g/mol. The van der Waals surface area contributed by atoms with Gasteiger partial charge < -0.3 is 34.9 Å². The topological polar surface area (TPSA) is 190 Å². The van der Waals surface area contributed by atoms with Gasteiger partial charge in [0.15, 0.2) is 11.6 Å². The zero-order valence-electron chi connectivity index (χ0n) is 74.2. The largest absolute Gasteiger partial charge is 0.512 e. The number of aliphatic hydroxyl groups excluding tert-OH is 2. The number of aromatic nitrogens is 2. The molecule has 4 aliphatic heterocycles. The molecule has 636 valence electrons. The maximum atomic E-state index is 10.0. The van der Waals surface area contributed by atoms with Gasteiger partial charge in [-0.15, -0.1) is 58.7 Å². The minimum Gasteiger partial charge on any atom is -0.512 e. The molecule has 8 aromatic carbocycles. The Labute approximate surface area is 760 Å². The number of hydrogen-bond donors (Lipinski definition) is 3. The number of nitrogens with one attached hydrogen (secondary N) is 1. The number of allylic oxidation sites excluding steroid dienone is 16. The first-order valence-electron chi connectivity index (χ1n) is 40.9. The summed E-state index contributed by atoms with van der Waals surface area (Å²) in [6.45, 7) is 51.0. The van der Waals surface area contributed by atoms with Gasteiger partial charge in [0.1, 0.15) is 23.0 Å². The van der Waals surface area contributed by atoms with Crippen LogP contribution in [0.15, 0.2) is 288 Å². The van der Waals surface area contributed by atoms with Crippen molar-refractivity contribution in [1.82, 2.24) is 15.3 Å². The molecule has 0 bridgehead atoms. The van der Waals surface area contributed by atoms with Crippen LogP contribution in [0, 0.1) is 60.3 Å². The molecular formula is C108H108Ir2N8O6-2. The third-order valence-electron chi connectivity index (χ3n) is 22.0. The summed E-state index contributed by atoms with van der Waals surface area (Å²) in [4.78, 5) is 38.8. The number of para-hydroxylation sites is 1. The zero-order chi connectivity index (χ0) is 88.6. The Balaban J connectivity index is 0.000000194. The van der Waals surface area contributed by atoms with Gasteiger partial charge in [-0.1, -0.05) is 244 Å². The molecule has 0 spiro atoms.